The van der Waals surface area contributed by atoms with Crippen LogP contribution >= 0.6 is 0 Å². The molecular weight excluding hydrogens is 314 g/mol. The summed E-state index contributed by atoms with van der Waals surface area (Å²) in [5.74, 6) is -0.103. The van der Waals surface area contributed by atoms with Gasteiger partial charge in [0.05, 0.1) is 12.1 Å². The lowest BCUT2D eigenvalue weighted by Crippen LogP contribution is -2.42. The van der Waals surface area contributed by atoms with Crippen LogP contribution in [0.2, 0.25) is 0 Å². The van der Waals surface area contributed by atoms with Gasteiger partial charge in [0.1, 0.15) is 0 Å². The molecule has 25 heavy (non-hydrogen) atoms. The van der Waals surface area contributed by atoms with Gasteiger partial charge in [0, 0.05) is 42.7 Å². The van der Waals surface area contributed by atoms with Crippen LogP contribution in [0.4, 0.5) is 11.4 Å². The van der Waals surface area contributed by atoms with Gasteiger partial charge in [0.15, 0.2) is 0 Å². The topological polar surface area (TPSA) is 52.7 Å². The molecule has 5 heteroatoms. The largest absolute Gasteiger partial charge is 0.376 e. The average Bonchev–Trinajstić information content (AvgIpc) is 3.00. The molecule has 2 unspecified atom stereocenters. The molecule has 2 amide bonds. The van der Waals surface area contributed by atoms with Crippen LogP contribution in [0, 0.1) is 0 Å². The predicted molar refractivity (Wildman–Crippen MR) is 97.7 cm³/mol. The summed E-state index contributed by atoms with van der Waals surface area (Å²) in [5.41, 5.74) is 3.56. The Morgan fingerprint density at radius 2 is 1.80 bits per heavy atom. The van der Waals surface area contributed by atoms with E-state index in [1.807, 2.05) is 36.4 Å². The molecule has 0 saturated carbocycles. The van der Waals surface area contributed by atoms with Crippen LogP contribution < -0.4 is 10.2 Å². The van der Waals surface area contributed by atoms with E-state index in [9.17, 15) is 9.59 Å². The molecule has 2 heterocycles. The minimum Gasteiger partial charge on any atom is -0.376 e. The highest BCUT2D eigenvalue weighted by molar-refractivity contribution is 6.04. The highest BCUT2D eigenvalue weighted by Crippen LogP contribution is 2.42. The molecule has 0 radical (unpaired) electrons. The number of hydrogen-bond donors (Lipinski definition) is 1. The molecule has 0 spiro atoms. The quantitative estimate of drug-likeness (QED) is 0.919. The number of nitrogens with zero attached hydrogens (tertiary/aromatic N) is 2. The highest BCUT2D eigenvalue weighted by Gasteiger charge is 2.40. The number of benzene rings is 2. The summed E-state index contributed by atoms with van der Waals surface area (Å²) in [6, 6.07) is 15.3. The second-order valence-corrected chi connectivity index (χ2v) is 6.52. The fourth-order valence-electron chi connectivity index (χ4n) is 3.51. The molecule has 0 fully saturated rings. The maximum Gasteiger partial charge on any atom is 0.253 e. The van der Waals surface area contributed by atoms with E-state index < -0.39 is 0 Å². The van der Waals surface area contributed by atoms with Crippen molar-refractivity contribution in [1.29, 1.82) is 0 Å². The summed E-state index contributed by atoms with van der Waals surface area (Å²) < 4.78 is 0. The smallest absolute Gasteiger partial charge is 0.253 e. The van der Waals surface area contributed by atoms with E-state index in [0.717, 1.165) is 16.9 Å². The van der Waals surface area contributed by atoms with Gasteiger partial charge in [-0.05, 0) is 30.3 Å². The van der Waals surface area contributed by atoms with Gasteiger partial charge in [-0.2, -0.15) is 0 Å². The molecule has 0 aliphatic carbocycles. The molecule has 5 nitrogen and oxygen atoms in total. The van der Waals surface area contributed by atoms with Gasteiger partial charge in [0.25, 0.3) is 11.8 Å². The van der Waals surface area contributed by atoms with Crippen LogP contribution in [-0.4, -0.2) is 36.9 Å². The Balaban J connectivity index is 1.72. The van der Waals surface area contributed by atoms with E-state index in [-0.39, 0.29) is 23.9 Å². The van der Waals surface area contributed by atoms with Crippen LogP contribution in [0.1, 0.15) is 22.0 Å². The Morgan fingerprint density at radius 3 is 2.52 bits per heavy atom. The molecule has 126 valence electrons. The molecule has 2 aromatic carbocycles. The Bertz CT molecular complexity index is 871. The van der Waals surface area contributed by atoms with Crippen molar-refractivity contribution in [3.05, 3.63) is 71.8 Å². The van der Waals surface area contributed by atoms with Crippen molar-refractivity contribution in [3.63, 3.8) is 0 Å². The van der Waals surface area contributed by atoms with Crippen LogP contribution in [-0.2, 0) is 4.79 Å². The summed E-state index contributed by atoms with van der Waals surface area (Å²) >= 11 is 0. The number of nitrogens with one attached hydrogen (secondary N) is 1. The van der Waals surface area contributed by atoms with E-state index in [1.165, 1.54) is 4.90 Å². The van der Waals surface area contributed by atoms with Gasteiger partial charge in [-0.15, -0.1) is 0 Å². The maximum absolute atomic E-state index is 12.6. The fraction of sp³-hybridized carbons (Fsp3) is 0.200. The second kappa shape index (κ2) is 5.77. The van der Waals surface area contributed by atoms with Crippen LogP contribution in [0.5, 0.6) is 0 Å². The second-order valence-electron chi connectivity index (χ2n) is 6.52. The summed E-state index contributed by atoms with van der Waals surface area (Å²) in [5, 5.41) is 3.46. The molecule has 0 saturated heterocycles. The van der Waals surface area contributed by atoms with Gasteiger partial charge in [-0.1, -0.05) is 24.3 Å². The Hall–Kier alpha value is -3.08. The Kier molecular flexibility index (Phi) is 3.57. The lowest BCUT2D eigenvalue weighted by atomic mass is 9.97. The molecule has 1 N–H and O–H groups in total. The number of carbonyl (C=O) groups excluding carboxylic acids is 2. The van der Waals surface area contributed by atoms with Crippen molar-refractivity contribution in [3.8, 4) is 0 Å². The lowest BCUT2D eigenvalue weighted by molar-refractivity contribution is -0.115. The molecule has 2 atom stereocenters. The third-order valence-corrected chi connectivity index (χ3v) is 4.70. The van der Waals surface area contributed by atoms with Crippen molar-refractivity contribution in [2.75, 3.05) is 24.3 Å². The number of amides is 2. The van der Waals surface area contributed by atoms with Crippen molar-refractivity contribution in [2.24, 2.45) is 0 Å². The number of carbonyl (C=O) groups is 2. The molecule has 4 rings (SSSR count). The SMILES string of the molecule is CN(C)C(=O)c1ccc(N2C(=O)C=CC3Nc4ccccc4C32)cc1. The van der Waals surface area contributed by atoms with E-state index >= 15 is 0 Å². The van der Waals surface area contributed by atoms with Crippen molar-refractivity contribution in [1.82, 2.24) is 4.90 Å². The van der Waals surface area contributed by atoms with E-state index in [2.05, 4.69) is 11.4 Å². The number of fused-ring (bicyclic) bond motifs is 3. The molecular formula is C20H19N3O2. The van der Waals surface area contributed by atoms with Crippen LogP contribution in [0.3, 0.4) is 0 Å². The van der Waals surface area contributed by atoms with Crippen LogP contribution in [0.25, 0.3) is 0 Å². The first-order chi connectivity index (χ1) is 12.1. The average molecular weight is 333 g/mol. The van der Waals surface area contributed by atoms with E-state index in [1.54, 1.807) is 37.2 Å². The van der Waals surface area contributed by atoms with Gasteiger partial charge >= 0.3 is 0 Å². The zero-order chi connectivity index (χ0) is 17.6. The van der Waals surface area contributed by atoms with E-state index in [0.29, 0.717) is 5.56 Å². The number of anilines is 2. The summed E-state index contributed by atoms with van der Waals surface area (Å²) in [6.07, 6.45) is 3.53. The molecule has 2 aliphatic heterocycles. The standard InChI is InChI=1S/C20H19N3O2/c1-22(2)20(25)13-7-9-14(10-8-13)23-18(24)12-11-17-19(23)15-5-3-4-6-16(15)21-17/h3-12,17,19,21H,1-2H3. The first kappa shape index (κ1) is 15.4. The summed E-state index contributed by atoms with van der Waals surface area (Å²) in [4.78, 5) is 28.0. The molecule has 0 bridgehead atoms. The van der Waals surface area contributed by atoms with Crippen LogP contribution in [0.15, 0.2) is 60.7 Å². The van der Waals surface area contributed by atoms with Crippen molar-refractivity contribution >= 4 is 23.2 Å². The first-order valence-corrected chi connectivity index (χ1v) is 8.25. The third kappa shape index (κ3) is 2.48. The minimum absolute atomic E-state index is 0.0496. The molecule has 0 aromatic heterocycles. The number of rotatable bonds is 2. The Morgan fingerprint density at radius 1 is 1.08 bits per heavy atom. The van der Waals surface area contributed by atoms with Gasteiger partial charge in [-0.25, -0.2) is 0 Å². The minimum atomic E-state index is -0.0795. The van der Waals surface area contributed by atoms with Crippen molar-refractivity contribution in [2.45, 2.75) is 12.1 Å². The number of para-hydroxylation sites is 1. The summed E-state index contributed by atoms with van der Waals surface area (Å²) in [6.45, 7) is 0. The zero-order valence-electron chi connectivity index (χ0n) is 14.1. The summed E-state index contributed by atoms with van der Waals surface area (Å²) in [7, 11) is 3.45. The fourth-order valence-corrected chi connectivity index (χ4v) is 3.51. The first-order valence-electron chi connectivity index (χ1n) is 8.25. The highest BCUT2D eigenvalue weighted by atomic mass is 16.2. The molecule has 2 aliphatic rings. The normalized spacial score (nSPS) is 20.7. The van der Waals surface area contributed by atoms with Gasteiger partial charge in [0.2, 0.25) is 0 Å². The third-order valence-electron chi connectivity index (χ3n) is 4.70. The molecule has 2 aromatic rings. The number of hydrogen-bond acceptors (Lipinski definition) is 3. The Labute approximate surface area is 146 Å². The maximum atomic E-state index is 12.6. The van der Waals surface area contributed by atoms with Gasteiger partial charge in [-0.3, -0.25) is 14.5 Å². The lowest BCUT2D eigenvalue weighted by Gasteiger charge is -2.34. The predicted octanol–water partition coefficient (Wildman–Crippen LogP) is 2.83. The zero-order valence-corrected chi connectivity index (χ0v) is 14.1. The monoisotopic (exact) mass is 333 g/mol. The van der Waals surface area contributed by atoms with Gasteiger partial charge < -0.3 is 10.2 Å². The van der Waals surface area contributed by atoms with Crippen molar-refractivity contribution < 1.29 is 9.59 Å². The van der Waals surface area contributed by atoms with E-state index in [4.69, 9.17) is 0 Å².